The quantitative estimate of drug-likeness (QED) is 0.0351. The van der Waals surface area contributed by atoms with Crippen molar-refractivity contribution in [1.82, 2.24) is 15.3 Å². The molecule has 1 aromatic heterocycles. The van der Waals surface area contributed by atoms with Gasteiger partial charge in [-0.15, -0.1) is 0 Å². The van der Waals surface area contributed by atoms with E-state index < -0.39 is 5.97 Å². The molecule has 4 rings (SSSR count). The summed E-state index contributed by atoms with van der Waals surface area (Å²) in [4.78, 5) is 43.8. The highest BCUT2D eigenvalue weighted by Crippen LogP contribution is 2.34. The number of amides is 1. The number of ether oxygens (including phenoxy) is 1. The third kappa shape index (κ3) is 15.7. The first-order valence-electron chi connectivity index (χ1n) is 20.5. The summed E-state index contributed by atoms with van der Waals surface area (Å²) in [5, 5.41) is 12.0. The highest BCUT2D eigenvalue weighted by molar-refractivity contribution is 5.92. The van der Waals surface area contributed by atoms with E-state index in [0.29, 0.717) is 19.0 Å². The molecule has 296 valence electrons. The Bertz CT molecular complexity index is 1870. The predicted octanol–water partition coefficient (Wildman–Crippen LogP) is 11.7. The molecule has 0 aliphatic rings. The van der Waals surface area contributed by atoms with E-state index in [0.717, 1.165) is 63.7 Å². The fourth-order valence-electron chi connectivity index (χ4n) is 6.48. The molecule has 1 heterocycles. The number of hydrogen-bond acceptors (Lipinski definition) is 5. The first kappa shape index (κ1) is 43.2. The lowest BCUT2D eigenvalue weighted by Crippen LogP contribution is -2.21. The average Bonchev–Trinajstić information content (AvgIpc) is 3.66. The number of carbonyl (C=O) groups is 3. The van der Waals surface area contributed by atoms with Gasteiger partial charge in [-0.3, -0.25) is 4.79 Å². The minimum Gasteiger partial charge on any atom is -0.478 e. The van der Waals surface area contributed by atoms with Gasteiger partial charge in [0.25, 0.3) is 0 Å². The zero-order valence-corrected chi connectivity index (χ0v) is 33.2. The fourth-order valence-corrected chi connectivity index (χ4v) is 6.48. The second-order valence-electron chi connectivity index (χ2n) is 14.2. The largest absolute Gasteiger partial charge is 0.478 e. The average molecular weight is 758 g/mol. The van der Waals surface area contributed by atoms with Gasteiger partial charge in [0.1, 0.15) is 5.82 Å². The van der Waals surface area contributed by atoms with Gasteiger partial charge in [0.15, 0.2) is 0 Å². The van der Waals surface area contributed by atoms with Crippen molar-refractivity contribution in [2.75, 3.05) is 13.2 Å². The number of unbranched alkanes of at least 4 members (excludes halogenated alkanes) is 13. The Morgan fingerprint density at radius 1 is 0.607 bits per heavy atom. The molecule has 0 saturated carbocycles. The number of nitrogens with zero attached hydrogens (tertiary/aromatic N) is 1. The number of aliphatic carboxylic acids is 1. The standard InChI is InChI=1S/C48H59N3O5/c1-3-5-6-7-8-9-10-11-12-13-14-15-16-17-36-49-43(52)33-24-37-18-27-40(28-19-37)46-47(41-29-20-38(21-30-41)25-34-44(53)54)51-48(50-46)42-31-22-39(23-32-42)26-35-45(55)56-4-2/h18-35H,3-17,36H2,1-2H3,(H,49,52)(H,50,51)(H,53,54). The van der Waals surface area contributed by atoms with Gasteiger partial charge in [0.2, 0.25) is 5.91 Å². The van der Waals surface area contributed by atoms with Crippen molar-refractivity contribution in [3.8, 4) is 33.9 Å². The molecule has 0 atom stereocenters. The van der Waals surface area contributed by atoms with Gasteiger partial charge in [0.05, 0.1) is 18.0 Å². The molecular formula is C48H59N3O5. The lowest BCUT2D eigenvalue weighted by atomic mass is 10.0. The van der Waals surface area contributed by atoms with Crippen molar-refractivity contribution in [1.29, 1.82) is 0 Å². The Morgan fingerprint density at radius 2 is 1.07 bits per heavy atom. The monoisotopic (exact) mass is 757 g/mol. The normalized spacial score (nSPS) is 11.5. The van der Waals surface area contributed by atoms with E-state index in [-0.39, 0.29) is 11.9 Å². The van der Waals surface area contributed by atoms with Crippen LogP contribution in [0.2, 0.25) is 0 Å². The zero-order valence-electron chi connectivity index (χ0n) is 33.2. The molecule has 8 heteroatoms. The second kappa shape index (κ2) is 24.8. The van der Waals surface area contributed by atoms with E-state index in [1.54, 1.807) is 25.2 Å². The van der Waals surface area contributed by atoms with Gasteiger partial charge in [-0.05, 0) is 48.3 Å². The van der Waals surface area contributed by atoms with Crippen LogP contribution in [0.1, 0.15) is 120 Å². The molecule has 0 fully saturated rings. The molecule has 0 saturated heterocycles. The number of hydrogen-bond donors (Lipinski definition) is 3. The maximum Gasteiger partial charge on any atom is 0.330 e. The number of aromatic nitrogens is 2. The number of H-pyrrole nitrogens is 1. The van der Waals surface area contributed by atoms with Crippen LogP contribution in [0.5, 0.6) is 0 Å². The van der Waals surface area contributed by atoms with Gasteiger partial charge in [-0.25, -0.2) is 14.6 Å². The van der Waals surface area contributed by atoms with Crippen LogP contribution < -0.4 is 5.32 Å². The third-order valence-corrected chi connectivity index (χ3v) is 9.64. The third-order valence-electron chi connectivity index (χ3n) is 9.64. The van der Waals surface area contributed by atoms with E-state index >= 15 is 0 Å². The molecule has 3 aromatic carbocycles. The van der Waals surface area contributed by atoms with E-state index in [1.165, 1.54) is 83.1 Å². The van der Waals surface area contributed by atoms with Crippen LogP contribution in [0, 0.1) is 0 Å². The van der Waals surface area contributed by atoms with Crippen LogP contribution in [0.25, 0.3) is 52.1 Å². The molecule has 4 aromatic rings. The smallest absolute Gasteiger partial charge is 0.330 e. The van der Waals surface area contributed by atoms with Crippen molar-refractivity contribution < 1.29 is 24.2 Å². The Labute approximate surface area is 333 Å². The molecule has 1 amide bonds. The first-order chi connectivity index (χ1) is 27.4. The van der Waals surface area contributed by atoms with Crippen LogP contribution in [0.15, 0.2) is 91.0 Å². The number of aromatic amines is 1. The van der Waals surface area contributed by atoms with E-state index in [4.69, 9.17) is 14.8 Å². The summed E-state index contributed by atoms with van der Waals surface area (Å²) in [6.07, 6.45) is 27.5. The minimum atomic E-state index is -1.00. The molecule has 0 unspecified atom stereocenters. The molecular weight excluding hydrogens is 699 g/mol. The predicted molar refractivity (Wildman–Crippen MR) is 230 cm³/mol. The van der Waals surface area contributed by atoms with Crippen molar-refractivity contribution in [3.63, 3.8) is 0 Å². The number of benzene rings is 3. The van der Waals surface area contributed by atoms with Gasteiger partial charge in [0, 0.05) is 41.5 Å². The Morgan fingerprint density at radius 3 is 1.59 bits per heavy atom. The molecule has 0 radical (unpaired) electrons. The van der Waals surface area contributed by atoms with Crippen LogP contribution in [-0.2, 0) is 19.1 Å². The molecule has 0 bridgehead atoms. The summed E-state index contributed by atoms with van der Waals surface area (Å²) in [6, 6.07) is 23.2. The number of carbonyl (C=O) groups excluding carboxylic acids is 2. The van der Waals surface area contributed by atoms with Crippen molar-refractivity contribution in [2.45, 2.75) is 104 Å². The van der Waals surface area contributed by atoms with Crippen molar-refractivity contribution >= 4 is 36.1 Å². The lowest BCUT2D eigenvalue weighted by Gasteiger charge is -2.05. The molecule has 3 N–H and O–H groups in total. The fraction of sp³-hybridized carbons (Fsp3) is 0.375. The Balaban J connectivity index is 1.31. The summed E-state index contributed by atoms with van der Waals surface area (Å²) < 4.78 is 4.97. The van der Waals surface area contributed by atoms with Crippen LogP contribution in [-0.4, -0.2) is 46.1 Å². The lowest BCUT2D eigenvalue weighted by molar-refractivity contribution is -0.137. The van der Waals surface area contributed by atoms with E-state index in [2.05, 4.69) is 17.2 Å². The Kier molecular flexibility index (Phi) is 19.2. The highest BCUT2D eigenvalue weighted by atomic mass is 16.5. The maximum atomic E-state index is 12.5. The summed E-state index contributed by atoms with van der Waals surface area (Å²) in [5.41, 5.74) is 6.73. The number of rotatable bonds is 25. The van der Waals surface area contributed by atoms with Crippen molar-refractivity contribution in [2.24, 2.45) is 0 Å². The SMILES string of the molecule is CCCCCCCCCCCCCCCCNC(=O)C=Cc1ccc(-c2[nH]c(-c3ccc(C=CC(=O)OCC)cc3)nc2-c2ccc(C=CC(=O)O)cc2)cc1. The first-order valence-corrected chi connectivity index (χ1v) is 20.5. The molecule has 56 heavy (non-hydrogen) atoms. The van der Waals surface area contributed by atoms with Crippen molar-refractivity contribution in [3.05, 3.63) is 108 Å². The molecule has 8 nitrogen and oxygen atoms in total. The minimum absolute atomic E-state index is 0.0895. The van der Waals surface area contributed by atoms with Gasteiger partial charge in [-0.2, -0.15) is 0 Å². The van der Waals surface area contributed by atoms with E-state index in [1.807, 2.05) is 78.9 Å². The second-order valence-corrected chi connectivity index (χ2v) is 14.2. The topological polar surface area (TPSA) is 121 Å². The number of carboxylic acids is 1. The number of esters is 1. The number of imidazole rings is 1. The number of nitrogens with one attached hydrogen (secondary N) is 2. The Hall–Kier alpha value is -5.50. The summed E-state index contributed by atoms with van der Waals surface area (Å²) in [7, 11) is 0. The van der Waals surface area contributed by atoms with Gasteiger partial charge in [-0.1, -0.05) is 163 Å². The molecule has 0 aliphatic carbocycles. The van der Waals surface area contributed by atoms with Crippen LogP contribution >= 0.6 is 0 Å². The van der Waals surface area contributed by atoms with Gasteiger partial charge >= 0.3 is 11.9 Å². The molecule has 0 spiro atoms. The summed E-state index contributed by atoms with van der Waals surface area (Å²) in [6.45, 7) is 5.05. The van der Waals surface area contributed by atoms with Gasteiger partial charge < -0.3 is 20.1 Å². The zero-order chi connectivity index (χ0) is 39.8. The summed E-state index contributed by atoms with van der Waals surface area (Å²) >= 11 is 0. The number of carboxylic acid groups (broad SMARTS) is 1. The van der Waals surface area contributed by atoms with E-state index in [9.17, 15) is 14.4 Å². The summed E-state index contributed by atoms with van der Waals surface area (Å²) in [5.74, 6) is -0.810. The molecule has 0 aliphatic heterocycles. The van der Waals surface area contributed by atoms with Crippen LogP contribution in [0.3, 0.4) is 0 Å². The van der Waals surface area contributed by atoms with Crippen LogP contribution in [0.4, 0.5) is 0 Å². The maximum absolute atomic E-state index is 12.5. The highest BCUT2D eigenvalue weighted by Gasteiger charge is 2.16.